The van der Waals surface area contributed by atoms with Gasteiger partial charge in [0.15, 0.2) is 0 Å². The van der Waals surface area contributed by atoms with Gasteiger partial charge < -0.3 is 19.3 Å². The van der Waals surface area contributed by atoms with E-state index in [1.165, 1.54) is 0 Å². The minimum Gasteiger partial charge on any atom is -0.458 e. The van der Waals surface area contributed by atoms with E-state index in [-0.39, 0.29) is 48.3 Å². The molecule has 3 fully saturated rings. The average Bonchev–Trinajstić information content (AvgIpc) is 2.76. The average molecular weight is 366 g/mol. The van der Waals surface area contributed by atoms with Crippen LogP contribution in [0.1, 0.15) is 47.0 Å². The summed E-state index contributed by atoms with van der Waals surface area (Å²) < 4.78 is 17.1. The summed E-state index contributed by atoms with van der Waals surface area (Å²) in [4.78, 5) is 24.4. The number of carbonyl (C=O) groups is 2. The van der Waals surface area contributed by atoms with Gasteiger partial charge in [0.25, 0.3) is 0 Å². The lowest BCUT2D eigenvalue weighted by Gasteiger charge is -2.50. The first kappa shape index (κ1) is 19.4. The van der Waals surface area contributed by atoms with Gasteiger partial charge in [-0.05, 0) is 25.2 Å². The predicted octanol–water partition coefficient (Wildman–Crippen LogP) is 2.44. The Morgan fingerprint density at radius 2 is 2.19 bits per heavy atom. The minimum atomic E-state index is -0.748. The van der Waals surface area contributed by atoms with Crippen LogP contribution in [0.5, 0.6) is 0 Å². The molecule has 0 bridgehead atoms. The number of esters is 2. The van der Waals surface area contributed by atoms with Crippen molar-refractivity contribution in [2.45, 2.75) is 65.5 Å². The molecule has 0 radical (unpaired) electrons. The Balaban J connectivity index is 1.93. The van der Waals surface area contributed by atoms with Crippen molar-refractivity contribution in [3.8, 4) is 0 Å². The molecular formula is C20H30O6. The van der Waals surface area contributed by atoms with Gasteiger partial charge in [0, 0.05) is 22.8 Å². The highest BCUT2D eigenvalue weighted by Crippen LogP contribution is 2.54. The molecule has 3 aliphatic rings. The van der Waals surface area contributed by atoms with Crippen LogP contribution in [0.15, 0.2) is 12.2 Å². The first-order valence-corrected chi connectivity index (χ1v) is 9.59. The zero-order valence-electron chi connectivity index (χ0n) is 16.1. The summed E-state index contributed by atoms with van der Waals surface area (Å²) in [7, 11) is 0. The number of aliphatic hydroxyl groups is 1. The Morgan fingerprint density at radius 1 is 1.50 bits per heavy atom. The monoisotopic (exact) mass is 366 g/mol. The normalized spacial score (nSPS) is 43.7. The molecule has 2 aliphatic heterocycles. The molecule has 0 amide bonds. The van der Waals surface area contributed by atoms with Crippen LogP contribution in [-0.4, -0.2) is 42.1 Å². The van der Waals surface area contributed by atoms with Crippen molar-refractivity contribution in [3.05, 3.63) is 12.2 Å². The molecule has 0 aromatic rings. The van der Waals surface area contributed by atoms with Crippen LogP contribution in [-0.2, 0) is 23.8 Å². The quantitative estimate of drug-likeness (QED) is 0.610. The summed E-state index contributed by atoms with van der Waals surface area (Å²) in [5.41, 5.74) is -0.146. The van der Waals surface area contributed by atoms with Crippen LogP contribution in [0.3, 0.4) is 0 Å². The topological polar surface area (TPSA) is 82.1 Å². The van der Waals surface area contributed by atoms with E-state index in [0.29, 0.717) is 24.8 Å². The van der Waals surface area contributed by atoms with Crippen LogP contribution in [0, 0.1) is 29.1 Å². The summed E-state index contributed by atoms with van der Waals surface area (Å²) in [5.74, 6) is -1.01. The highest BCUT2D eigenvalue weighted by molar-refractivity contribution is 5.90. The van der Waals surface area contributed by atoms with Crippen LogP contribution >= 0.6 is 0 Å². The van der Waals surface area contributed by atoms with E-state index in [1.807, 2.05) is 20.8 Å². The van der Waals surface area contributed by atoms with Gasteiger partial charge in [0.05, 0.1) is 18.6 Å². The molecule has 2 saturated heterocycles. The number of hydrogen-bond acceptors (Lipinski definition) is 6. The molecule has 0 aromatic heterocycles. The number of hydrogen-bond donors (Lipinski definition) is 1. The van der Waals surface area contributed by atoms with E-state index in [4.69, 9.17) is 14.2 Å². The lowest BCUT2D eigenvalue weighted by molar-refractivity contribution is -0.273. The summed E-state index contributed by atoms with van der Waals surface area (Å²) in [6.45, 7) is 11.9. The van der Waals surface area contributed by atoms with Gasteiger partial charge in [-0.2, -0.15) is 0 Å². The number of carbonyl (C=O) groups excluding carboxylic acids is 2. The smallest absolute Gasteiger partial charge is 0.334 e. The molecule has 3 rings (SSSR count). The molecule has 1 N–H and O–H groups in total. The van der Waals surface area contributed by atoms with Crippen LogP contribution < -0.4 is 0 Å². The molecule has 146 valence electrons. The summed E-state index contributed by atoms with van der Waals surface area (Å²) in [6, 6.07) is 0. The maximum absolute atomic E-state index is 12.4. The first-order valence-electron chi connectivity index (χ1n) is 9.59. The minimum absolute atomic E-state index is 0.0948. The van der Waals surface area contributed by atoms with E-state index in [2.05, 4.69) is 13.5 Å². The maximum Gasteiger partial charge on any atom is 0.334 e. The van der Waals surface area contributed by atoms with Crippen LogP contribution in [0.4, 0.5) is 0 Å². The zero-order chi connectivity index (χ0) is 19.2. The van der Waals surface area contributed by atoms with Crippen molar-refractivity contribution in [1.82, 2.24) is 0 Å². The van der Waals surface area contributed by atoms with Gasteiger partial charge in [-0.15, -0.1) is 0 Å². The van der Waals surface area contributed by atoms with Crippen molar-refractivity contribution in [1.29, 1.82) is 0 Å². The van der Waals surface area contributed by atoms with Crippen LogP contribution in [0.2, 0.25) is 0 Å². The summed E-state index contributed by atoms with van der Waals surface area (Å²) in [5, 5.41) is 10.7. The molecule has 6 heteroatoms. The van der Waals surface area contributed by atoms with E-state index < -0.39 is 17.8 Å². The Labute approximate surface area is 154 Å². The zero-order valence-corrected chi connectivity index (χ0v) is 16.1. The fourth-order valence-electron chi connectivity index (χ4n) is 5.02. The van der Waals surface area contributed by atoms with Gasteiger partial charge in [-0.1, -0.05) is 34.3 Å². The van der Waals surface area contributed by atoms with Gasteiger partial charge >= 0.3 is 11.9 Å². The standard InChI is InChI=1S/C20H30O6/c1-6-10(2)17(22)26-19-20(5)8-13-12(4)18(23)25-15(13)7-11(3)16(20)14(21)9-24-19/h10-11,13-16,19,21H,4,6-9H2,1-3,5H3/t10?,11-,13-,14+,15+,16-,19+,20+/m1/s1. The lowest BCUT2D eigenvalue weighted by atomic mass is 9.64. The molecule has 1 aliphatic carbocycles. The molecule has 2 heterocycles. The lowest BCUT2D eigenvalue weighted by Crippen LogP contribution is -2.56. The maximum atomic E-state index is 12.4. The number of fused-ring (bicyclic) bond motifs is 2. The van der Waals surface area contributed by atoms with Gasteiger partial charge in [0.2, 0.25) is 6.29 Å². The molecule has 8 atom stereocenters. The molecule has 6 nitrogen and oxygen atoms in total. The molecular weight excluding hydrogens is 336 g/mol. The van der Waals surface area contributed by atoms with Gasteiger partial charge in [-0.3, -0.25) is 4.79 Å². The van der Waals surface area contributed by atoms with E-state index >= 15 is 0 Å². The highest BCUT2D eigenvalue weighted by atomic mass is 16.7. The molecule has 1 unspecified atom stereocenters. The molecule has 26 heavy (non-hydrogen) atoms. The number of ether oxygens (including phenoxy) is 3. The Hall–Kier alpha value is -1.40. The third kappa shape index (κ3) is 3.07. The predicted molar refractivity (Wildman–Crippen MR) is 93.8 cm³/mol. The second-order valence-corrected chi connectivity index (χ2v) is 8.50. The highest BCUT2D eigenvalue weighted by Gasteiger charge is 2.59. The number of rotatable bonds is 3. The van der Waals surface area contributed by atoms with Crippen LogP contribution in [0.25, 0.3) is 0 Å². The second kappa shape index (κ2) is 6.97. The van der Waals surface area contributed by atoms with Crippen molar-refractivity contribution < 1.29 is 28.9 Å². The Bertz CT molecular complexity index is 601. The first-order chi connectivity index (χ1) is 12.2. The molecule has 1 saturated carbocycles. The van der Waals surface area contributed by atoms with E-state index in [1.54, 1.807) is 0 Å². The Morgan fingerprint density at radius 3 is 2.85 bits per heavy atom. The largest absolute Gasteiger partial charge is 0.458 e. The van der Waals surface area contributed by atoms with Crippen molar-refractivity contribution in [3.63, 3.8) is 0 Å². The van der Waals surface area contributed by atoms with Crippen molar-refractivity contribution in [2.24, 2.45) is 29.1 Å². The van der Waals surface area contributed by atoms with E-state index in [0.717, 1.165) is 0 Å². The fraction of sp³-hybridized carbons (Fsp3) is 0.800. The third-order valence-corrected chi connectivity index (χ3v) is 6.66. The number of aliphatic hydroxyl groups excluding tert-OH is 1. The summed E-state index contributed by atoms with van der Waals surface area (Å²) >= 11 is 0. The van der Waals surface area contributed by atoms with E-state index in [9.17, 15) is 14.7 Å². The van der Waals surface area contributed by atoms with Gasteiger partial charge in [-0.25, -0.2) is 4.79 Å². The summed E-state index contributed by atoms with van der Waals surface area (Å²) in [6.07, 6.45) is 0.268. The fourth-order valence-corrected chi connectivity index (χ4v) is 5.02. The molecule has 0 aromatic carbocycles. The van der Waals surface area contributed by atoms with Crippen molar-refractivity contribution in [2.75, 3.05) is 6.61 Å². The third-order valence-electron chi connectivity index (χ3n) is 6.66. The second-order valence-electron chi connectivity index (χ2n) is 8.50. The van der Waals surface area contributed by atoms with Gasteiger partial charge in [0.1, 0.15) is 6.10 Å². The van der Waals surface area contributed by atoms with Crippen molar-refractivity contribution >= 4 is 11.9 Å². The SMILES string of the molecule is C=C1C(=O)O[C@H]2C[C@@H](C)[C@@H]3[C@@H](O)CO[C@@H](OC(=O)C(C)CC)[C@@]3(C)C[C@H]12. The Kier molecular flexibility index (Phi) is 5.19. The molecule has 0 spiro atoms.